The van der Waals surface area contributed by atoms with Gasteiger partial charge in [-0.2, -0.15) is 10.2 Å². The summed E-state index contributed by atoms with van der Waals surface area (Å²) >= 11 is 1.43. The van der Waals surface area contributed by atoms with Crippen molar-refractivity contribution < 1.29 is 9.53 Å². The average Bonchev–Trinajstić information content (AvgIpc) is 3.36. The van der Waals surface area contributed by atoms with E-state index >= 15 is 0 Å². The van der Waals surface area contributed by atoms with Gasteiger partial charge in [-0.1, -0.05) is 60.7 Å². The van der Waals surface area contributed by atoms with E-state index in [9.17, 15) is 4.79 Å². The SMILES string of the molecule is COc1ccc(N/N=C(C=O)\C(=N/Nc2nc(-c3ccccc3)cs2)c2ccccc2)cc1. The highest BCUT2D eigenvalue weighted by Gasteiger charge is 2.13. The number of rotatable bonds is 9. The third-order valence-corrected chi connectivity index (χ3v) is 5.38. The number of nitrogens with zero attached hydrogens (tertiary/aromatic N) is 3. The number of carbonyl (C=O) groups excluding carboxylic acids is 1. The predicted molar refractivity (Wildman–Crippen MR) is 134 cm³/mol. The Labute approximate surface area is 195 Å². The molecule has 0 fully saturated rings. The molecule has 0 unspecified atom stereocenters. The largest absolute Gasteiger partial charge is 0.497 e. The molecular formula is C25H21N5O2S. The van der Waals surface area contributed by atoms with Crippen LogP contribution >= 0.6 is 11.3 Å². The van der Waals surface area contributed by atoms with Crippen molar-refractivity contribution >= 4 is 39.9 Å². The lowest BCUT2D eigenvalue weighted by atomic mass is 10.1. The maximum absolute atomic E-state index is 11.9. The van der Waals surface area contributed by atoms with Crippen LogP contribution in [0.2, 0.25) is 0 Å². The van der Waals surface area contributed by atoms with E-state index in [1.54, 1.807) is 19.2 Å². The van der Waals surface area contributed by atoms with Gasteiger partial charge < -0.3 is 4.74 Å². The number of methoxy groups -OCH3 is 1. The maximum atomic E-state index is 11.9. The normalized spacial score (nSPS) is 11.7. The highest BCUT2D eigenvalue weighted by Crippen LogP contribution is 2.24. The molecular weight excluding hydrogens is 434 g/mol. The molecule has 0 aliphatic rings. The Kier molecular flexibility index (Phi) is 7.19. The fourth-order valence-corrected chi connectivity index (χ4v) is 3.62. The smallest absolute Gasteiger partial charge is 0.203 e. The van der Waals surface area contributed by atoms with E-state index in [-0.39, 0.29) is 5.71 Å². The number of aromatic nitrogens is 1. The first-order valence-corrected chi connectivity index (χ1v) is 11.0. The summed E-state index contributed by atoms with van der Waals surface area (Å²) < 4.78 is 5.16. The van der Waals surface area contributed by atoms with E-state index in [2.05, 4.69) is 26.0 Å². The number of ether oxygens (including phenoxy) is 1. The van der Waals surface area contributed by atoms with Crippen molar-refractivity contribution in [3.05, 3.63) is 95.9 Å². The fourth-order valence-electron chi connectivity index (χ4n) is 2.96. The van der Waals surface area contributed by atoms with E-state index in [4.69, 9.17) is 4.74 Å². The first kappa shape index (κ1) is 21.9. The Balaban J connectivity index is 1.59. The minimum atomic E-state index is 0.143. The van der Waals surface area contributed by atoms with E-state index in [0.29, 0.717) is 22.8 Å². The zero-order valence-electron chi connectivity index (χ0n) is 17.8. The Bertz CT molecular complexity index is 1250. The molecule has 2 N–H and O–H groups in total. The first-order chi connectivity index (χ1) is 16.3. The number of hydrogen-bond donors (Lipinski definition) is 2. The molecule has 164 valence electrons. The predicted octanol–water partition coefficient (Wildman–Crippen LogP) is 5.30. The van der Waals surface area contributed by atoms with Crippen LogP contribution in [0.3, 0.4) is 0 Å². The second-order valence-corrected chi connectivity index (χ2v) is 7.66. The second-order valence-electron chi connectivity index (χ2n) is 6.80. The molecule has 0 saturated carbocycles. The quantitative estimate of drug-likeness (QED) is 0.203. The second kappa shape index (κ2) is 10.8. The van der Waals surface area contributed by atoms with Crippen LogP contribution < -0.4 is 15.6 Å². The number of thiazole rings is 1. The van der Waals surface area contributed by atoms with Crippen LogP contribution in [-0.2, 0) is 4.79 Å². The summed E-state index contributed by atoms with van der Waals surface area (Å²) in [5.41, 5.74) is 9.73. The van der Waals surface area contributed by atoms with Gasteiger partial charge in [-0.25, -0.2) is 4.98 Å². The topological polar surface area (TPSA) is 88.0 Å². The minimum Gasteiger partial charge on any atom is -0.497 e. The average molecular weight is 456 g/mol. The molecule has 33 heavy (non-hydrogen) atoms. The lowest BCUT2D eigenvalue weighted by Gasteiger charge is -2.07. The Morgan fingerprint density at radius 3 is 2.27 bits per heavy atom. The van der Waals surface area contributed by atoms with Gasteiger partial charge in [0.2, 0.25) is 5.13 Å². The molecule has 4 aromatic rings. The van der Waals surface area contributed by atoms with Crippen molar-refractivity contribution in [2.75, 3.05) is 18.0 Å². The van der Waals surface area contributed by atoms with Gasteiger partial charge in [-0.05, 0) is 24.3 Å². The van der Waals surface area contributed by atoms with Gasteiger partial charge >= 0.3 is 0 Å². The molecule has 0 radical (unpaired) electrons. The molecule has 0 bridgehead atoms. The first-order valence-electron chi connectivity index (χ1n) is 10.1. The van der Waals surface area contributed by atoms with Gasteiger partial charge in [0.1, 0.15) is 11.5 Å². The summed E-state index contributed by atoms with van der Waals surface area (Å²) in [6, 6.07) is 26.5. The van der Waals surface area contributed by atoms with E-state index < -0.39 is 0 Å². The summed E-state index contributed by atoms with van der Waals surface area (Å²) in [6.45, 7) is 0. The van der Waals surface area contributed by atoms with Crippen LogP contribution in [-0.4, -0.2) is 29.8 Å². The Morgan fingerprint density at radius 1 is 0.909 bits per heavy atom. The zero-order chi connectivity index (χ0) is 22.9. The molecule has 4 rings (SSSR count). The van der Waals surface area contributed by atoms with Crippen LogP contribution in [0.1, 0.15) is 5.56 Å². The summed E-state index contributed by atoms with van der Waals surface area (Å²) in [5.74, 6) is 0.731. The lowest BCUT2D eigenvalue weighted by molar-refractivity contribution is -0.102. The summed E-state index contributed by atoms with van der Waals surface area (Å²) in [5, 5.41) is 11.3. The van der Waals surface area contributed by atoms with Crippen LogP contribution in [0.15, 0.2) is 101 Å². The maximum Gasteiger partial charge on any atom is 0.203 e. The fraction of sp³-hybridized carbons (Fsp3) is 0.0400. The van der Waals surface area contributed by atoms with E-state index in [0.717, 1.165) is 22.6 Å². The standard InChI is InChI=1S/C25H21N5O2S/c1-32-21-14-12-20(13-15-21)27-28-22(16-31)24(19-10-6-3-7-11-19)29-30-25-26-23(17-33-25)18-8-4-2-5-9-18/h2-17,27H,1H3,(H,26,30)/b28-22-,29-24-. The molecule has 7 nitrogen and oxygen atoms in total. The molecule has 0 aliphatic heterocycles. The third kappa shape index (κ3) is 5.69. The molecule has 3 aromatic carbocycles. The van der Waals surface area contributed by atoms with Gasteiger partial charge in [-0.15, -0.1) is 11.3 Å². The third-order valence-electron chi connectivity index (χ3n) is 4.63. The summed E-state index contributed by atoms with van der Waals surface area (Å²) in [7, 11) is 1.60. The van der Waals surface area contributed by atoms with E-state index in [1.807, 2.05) is 78.2 Å². The highest BCUT2D eigenvalue weighted by molar-refractivity contribution is 7.14. The number of anilines is 2. The molecule has 1 aromatic heterocycles. The molecule has 0 spiro atoms. The number of nitrogens with one attached hydrogen (secondary N) is 2. The Hall–Kier alpha value is -4.30. The number of benzene rings is 3. The van der Waals surface area contributed by atoms with E-state index in [1.165, 1.54) is 11.3 Å². The zero-order valence-corrected chi connectivity index (χ0v) is 18.6. The van der Waals surface area contributed by atoms with Gasteiger partial charge in [0, 0.05) is 16.5 Å². The summed E-state index contributed by atoms with van der Waals surface area (Å²) in [4.78, 5) is 16.5. The van der Waals surface area contributed by atoms with Crippen LogP contribution in [0.4, 0.5) is 10.8 Å². The molecule has 1 heterocycles. The lowest BCUT2D eigenvalue weighted by Crippen LogP contribution is -2.20. The van der Waals surface area contributed by atoms with Crippen molar-refractivity contribution in [3.63, 3.8) is 0 Å². The van der Waals surface area contributed by atoms with Crippen LogP contribution in [0, 0.1) is 0 Å². The minimum absolute atomic E-state index is 0.143. The van der Waals surface area contributed by atoms with Crippen molar-refractivity contribution in [2.24, 2.45) is 10.2 Å². The van der Waals surface area contributed by atoms with Crippen molar-refractivity contribution in [3.8, 4) is 17.0 Å². The van der Waals surface area contributed by atoms with Crippen LogP contribution in [0.5, 0.6) is 5.75 Å². The van der Waals surface area contributed by atoms with Gasteiger partial charge in [0.05, 0.1) is 18.5 Å². The number of aldehydes is 1. The molecule has 0 saturated heterocycles. The molecule has 0 aliphatic carbocycles. The van der Waals surface area contributed by atoms with Crippen molar-refractivity contribution in [1.29, 1.82) is 0 Å². The van der Waals surface area contributed by atoms with Gasteiger partial charge in [-0.3, -0.25) is 15.6 Å². The van der Waals surface area contributed by atoms with Gasteiger partial charge in [0.25, 0.3) is 0 Å². The molecule has 0 atom stereocenters. The number of hydrogen-bond acceptors (Lipinski definition) is 8. The molecule has 8 heteroatoms. The summed E-state index contributed by atoms with van der Waals surface area (Å²) in [6.07, 6.45) is 0.668. The van der Waals surface area contributed by atoms with Crippen molar-refractivity contribution in [2.45, 2.75) is 0 Å². The van der Waals surface area contributed by atoms with Crippen LogP contribution in [0.25, 0.3) is 11.3 Å². The number of carbonyl (C=O) groups is 1. The number of hydrazone groups is 2. The van der Waals surface area contributed by atoms with Crippen molar-refractivity contribution in [1.82, 2.24) is 4.98 Å². The molecule has 0 amide bonds. The Morgan fingerprint density at radius 2 is 1.61 bits per heavy atom. The highest BCUT2D eigenvalue weighted by atomic mass is 32.1. The van der Waals surface area contributed by atoms with Gasteiger partial charge in [0.15, 0.2) is 12.0 Å². The monoisotopic (exact) mass is 455 g/mol.